The van der Waals surface area contributed by atoms with Crippen molar-refractivity contribution in [1.29, 1.82) is 0 Å². The molecule has 2 N–H and O–H groups in total. The molecular weight excluding hydrogens is 130 g/mol. The number of aliphatic imine (C=N–C) groups is 1. The zero-order valence-electron chi connectivity index (χ0n) is 5.76. The van der Waals surface area contributed by atoms with Gasteiger partial charge in [0, 0.05) is 6.54 Å². The lowest BCUT2D eigenvalue weighted by Gasteiger charge is -2.03. The van der Waals surface area contributed by atoms with Crippen LogP contribution in [0.3, 0.4) is 0 Å². The average molecular weight is 141 g/mol. The van der Waals surface area contributed by atoms with Crippen LogP contribution in [0.15, 0.2) is 17.6 Å². The lowest BCUT2D eigenvalue weighted by Crippen LogP contribution is -2.33. The van der Waals surface area contributed by atoms with Crippen molar-refractivity contribution in [3.63, 3.8) is 0 Å². The first-order chi connectivity index (χ1) is 4.93. The van der Waals surface area contributed by atoms with E-state index in [9.17, 15) is 0 Å². The maximum absolute atomic E-state index is 4.91. The van der Waals surface area contributed by atoms with Crippen LogP contribution in [-0.2, 0) is 4.84 Å². The maximum atomic E-state index is 4.91. The summed E-state index contributed by atoms with van der Waals surface area (Å²) in [6.45, 7) is 5.69. The molecule has 0 aromatic rings. The highest BCUT2D eigenvalue weighted by Crippen LogP contribution is 1.80. The molecule has 0 saturated heterocycles. The smallest absolute Gasteiger partial charge is 0.215 e. The molecule has 0 unspecified atom stereocenters. The topological polar surface area (TPSA) is 45.6 Å². The minimum absolute atomic E-state index is 0.487. The van der Waals surface area contributed by atoms with E-state index >= 15 is 0 Å². The highest BCUT2D eigenvalue weighted by molar-refractivity contribution is 5.80. The van der Waals surface area contributed by atoms with Gasteiger partial charge in [-0.1, -0.05) is 6.08 Å². The third-order valence-electron chi connectivity index (χ3n) is 1.04. The van der Waals surface area contributed by atoms with Crippen LogP contribution >= 0.6 is 0 Å². The van der Waals surface area contributed by atoms with Crippen molar-refractivity contribution in [3.8, 4) is 0 Å². The second-order valence-corrected chi connectivity index (χ2v) is 1.86. The molecule has 0 aliphatic carbocycles. The van der Waals surface area contributed by atoms with Crippen molar-refractivity contribution in [2.45, 2.75) is 0 Å². The maximum Gasteiger partial charge on any atom is 0.215 e. The second kappa shape index (κ2) is 3.90. The molecule has 0 saturated carbocycles. The van der Waals surface area contributed by atoms with Crippen molar-refractivity contribution in [1.82, 2.24) is 10.8 Å². The molecule has 0 fully saturated rings. The van der Waals surface area contributed by atoms with E-state index in [0.29, 0.717) is 12.6 Å². The Morgan fingerprint density at radius 1 is 1.90 bits per heavy atom. The largest absolute Gasteiger partial charge is 0.353 e. The van der Waals surface area contributed by atoms with E-state index in [0.717, 1.165) is 13.1 Å². The van der Waals surface area contributed by atoms with Gasteiger partial charge in [0.15, 0.2) is 0 Å². The summed E-state index contributed by atoms with van der Waals surface area (Å²) >= 11 is 0. The average Bonchev–Trinajstić information content (AvgIpc) is 2.41. The fourth-order valence-electron chi connectivity index (χ4n) is 0.635. The molecule has 4 heteroatoms. The summed E-state index contributed by atoms with van der Waals surface area (Å²) in [5.74, 6) is 0.710. The number of nitrogens with zero attached hydrogens (tertiary/aromatic N) is 1. The van der Waals surface area contributed by atoms with Crippen LogP contribution in [0, 0.1) is 0 Å². The molecule has 0 bridgehead atoms. The minimum Gasteiger partial charge on any atom is -0.353 e. The summed E-state index contributed by atoms with van der Waals surface area (Å²) in [4.78, 5) is 8.95. The van der Waals surface area contributed by atoms with Crippen LogP contribution in [0.25, 0.3) is 0 Å². The molecule has 1 heterocycles. The van der Waals surface area contributed by atoms with Gasteiger partial charge in [-0.15, -0.1) is 6.58 Å². The molecule has 0 aromatic heterocycles. The first kappa shape index (κ1) is 7.08. The predicted octanol–water partition coefficient (Wildman–Crippen LogP) is -0.347. The Balaban J connectivity index is 2.06. The van der Waals surface area contributed by atoms with Crippen LogP contribution < -0.4 is 10.8 Å². The minimum atomic E-state index is 0.487. The first-order valence-corrected chi connectivity index (χ1v) is 3.20. The van der Waals surface area contributed by atoms with Crippen LogP contribution in [0.1, 0.15) is 0 Å². The highest BCUT2D eigenvalue weighted by atomic mass is 16.6. The van der Waals surface area contributed by atoms with Gasteiger partial charge in [0.1, 0.15) is 0 Å². The fraction of sp³-hybridized carbons (Fsp3) is 0.500. The Bertz CT molecular complexity index is 144. The Morgan fingerprint density at radius 3 is 3.40 bits per heavy atom. The molecule has 1 aliphatic rings. The summed E-state index contributed by atoms with van der Waals surface area (Å²) in [6.07, 6.45) is 1.67. The van der Waals surface area contributed by atoms with E-state index < -0.39 is 0 Å². The molecule has 0 atom stereocenters. The third-order valence-corrected chi connectivity index (χ3v) is 1.04. The van der Waals surface area contributed by atoms with Crippen LogP contribution in [-0.4, -0.2) is 25.7 Å². The van der Waals surface area contributed by atoms with Gasteiger partial charge in [-0.3, -0.25) is 4.84 Å². The van der Waals surface area contributed by atoms with Crippen molar-refractivity contribution >= 4 is 5.96 Å². The molecule has 1 aliphatic heterocycles. The van der Waals surface area contributed by atoms with Crippen molar-refractivity contribution < 1.29 is 4.84 Å². The predicted molar refractivity (Wildman–Crippen MR) is 39.6 cm³/mol. The van der Waals surface area contributed by atoms with Gasteiger partial charge < -0.3 is 5.32 Å². The van der Waals surface area contributed by atoms with E-state index in [1.54, 1.807) is 6.08 Å². The molecule has 0 spiro atoms. The van der Waals surface area contributed by atoms with E-state index in [1.807, 2.05) is 0 Å². The van der Waals surface area contributed by atoms with Gasteiger partial charge in [0.25, 0.3) is 0 Å². The molecule has 4 nitrogen and oxygen atoms in total. The van der Waals surface area contributed by atoms with E-state index in [4.69, 9.17) is 4.84 Å². The van der Waals surface area contributed by atoms with E-state index in [-0.39, 0.29) is 0 Å². The van der Waals surface area contributed by atoms with Gasteiger partial charge in [-0.25, -0.2) is 10.5 Å². The van der Waals surface area contributed by atoms with Crippen LogP contribution in [0.5, 0.6) is 0 Å². The quantitative estimate of drug-likeness (QED) is 0.321. The third kappa shape index (κ3) is 2.06. The number of hydrogen-bond donors (Lipinski definition) is 2. The molecule has 0 amide bonds. The Kier molecular flexibility index (Phi) is 2.76. The second-order valence-electron chi connectivity index (χ2n) is 1.86. The molecule has 0 aromatic carbocycles. The lowest BCUT2D eigenvalue weighted by atomic mass is 10.7. The van der Waals surface area contributed by atoms with E-state index in [1.165, 1.54) is 0 Å². The number of nitrogens with one attached hydrogen (secondary N) is 2. The summed E-state index contributed by atoms with van der Waals surface area (Å²) in [5, 5.41) is 3.00. The van der Waals surface area contributed by atoms with Crippen LogP contribution in [0.4, 0.5) is 0 Å². The van der Waals surface area contributed by atoms with Crippen molar-refractivity contribution in [2.75, 3.05) is 19.7 Å². The number of hydroxylamine groups is 1. The number of hydrogen-bond acceptors (Lipinski definition) is 4. The van der Waals surface area contributed by atoms with Gasteiger partial charge in [0.05, 0.1) is 13.2 Å². The van der Waals surface area contributed by atoms with Gasteiger partial charge in [-0.2, -0.15) is 0 Å². The SMILES string of the molecule is C=CCONC1=NCCN1. The number of guanidine groups is 1. The van der Waals surface area contributed by atoms with Crippen LogP contribution in [0.2, 0.25) is 0 Å². The number of rotatable bonds is 3. The Morgan fingerprint density at radius 2 is 2.80 bits per heavy atom. The van der Waals surface area contributed by atoms with Gasteiger partial charge >= 0.3 is 0 Å². The zero-order valence-corrected chi connectivity index (χ0v) is 5.76. The summed E-state index contributed by atoms with van der Waals surface area (Å²) in [5.41, 5.74) is 2.65. The normalized spacial score (nSPS) is 15.8. The molecular formula is C6H11N3O. The zero-order chi connectivity index (χ0) is 7.23. The Hall–Kier alpha value is -1.03. The summed E-state index contributed by atoms with van der Waals surface area (Å²) in [7, 11) is 0. The summed E-state index contributed by atoms with van der Waals surface area (Å²) < 4.78 is 0. The van der Waals surface area contributed by atoms with Gasteiger partial charge in [-0.05, 0) is 0 Å². The standard InChI is InChI=1S/C6H11N3O/c1-2-5-10-9-6-7-3-4-8-6/h2H,1,3-5H2,(H2,7,8,9). The molecule has 0 radical (unpaired) electrons. The van der Waals surface area contributed by atoms with Crippen molar-refractivity contribution in [2.24, 2.45) is 4.99 Å². The van der Waals surface area contributed by atoms with Crippen molar-refractivity contribution in [3.05, 3.63) is 12.7 Å². The fourth-order valence-corrected chi connectivity index (χ4v) is 0.635. The van der Waals surface area contributed by atoms with Gasteiger partial charge in [0.2, 0.25) is 5.96 Å². The lowest BCUT2D eigenvalue weighted by molar-refractivity contribution is 0.108. The summed E-state index contributed by atoms with van der Waals surface area (Å²) in [6, 6.07) is 0. The monoisotopic (exact) mass is 141 g/mol. The first-order valence-electron chi connectivity index (χ1n) is 3.20. The molecule has 56 valence electrons. The Labute approximate surface area is 59.9 Å². The highest BCUT2D eigenvalue weighted by Gasteiger charge is 2.01. The van der Waals surface area contributed by atoms with E-state index in [2.05, 4.69) is 22.4 Å². The molecule has 1 rings (SSSR count). The molecule has 10 heavy (non-hydrogen) atoms.